The monoisotopic (exact) mass is 992 g/mol. The summed E-state index contributed by atoms with van der Waals surface area (Å²) in [5.74, 6) is 1.39. The molecule has 2 aromatic carbocycles. The molecule has 66 heavy (non-hydrogen) atoms. The van der Waals surface area contributed by atoms with Crippen LogP contribution in [0.15, 0.2) is 48.5 Å². The topological polar surface area (TPSA) is 142 Å². The Balaban J connectivity index is 0.000000197. The highest BCUT2D eigenvalue weighted by atomic mass is 28.4. The zero-order valence-corrected chi connectivity index (χ0v) is 45.1. The van der Waals surface area contributed by atoms with E-state index in [0.717, 1.165) is 73.4 Å². The number of ether oxygens (including phenoxy) is 6. The van der Waals surface area contributed by atoms with E-state index in [9.17, 15) is 0 Å². The number of hydrogen-bond donors (Lipinski definition) is 0. The van der Waals surface area contributed by atoms with Crippen molar-refractivity contribution in [1.82, 2.24) is 0 Å². The molecule has 8 rings (SSSR count). The second kappa shape index (κ2) is 24.7. The summed E-state index contributed by atoms with van der Waals surface area (Å²) in [6, 6.07) is 20.6. The number of rotatable bonds is 30. The van der Waals surface area contributed by atoms with Crippen molar-refractivity contribution < 1.29 is 63.8 Å². The maximum absolute atomic E-state index is 6.32. The van der Waals surface area contributed by atoms with Crippen LogP contribution in [0.3, 0.4) is 0 Å². The lowest BCUT2D eigenvalue weighted by atomic mass is 9.87. The second-order valence-electron chi connectivity index (χ2n) is 18.9. The van der Waals surface area contributed by atoms with Gasteiger partial charge in [-0.2, -0.15) is 0 Å². The predicted octanol–water partition coefficient (Wildman–Crippen LogP) is 4.67. The Morgan fingerprint density at radius 3 is 1.14 bits per heavy atom. The van der Waals surface area contributed by atoms with Crippen molar-refractivity contribution in [2.75, 3.05) is 96.5 Å². The molecule has 2 saturated carbocycles. The molecule has 0 amide bonds. The maximum atomic E-state index is 6.32. The van der Waals surface area contributed by atoms with Crippen molar-refractivity contribution in [1.29, 1.82) is 0 Å². The number of fused-ring (bicyclic) bond motifs is 2. The van der Waals surface area contributed by atoms with Crippen LogP contribution < -0.4 is 20.7 Å². The minimum atomic E-state index is -2.66. The first-order valence-electron chi connectivity index (χ1n) is 24.5. The minimum Gasteiger partial charge on any atom is -0.394 e. The highest BCUT2D eigenvalue weighted by molar-refractivity contribution is 6.91. The first-order chi connectivity index (χ1) is 32.2. The van der Waals surface area contributed by atoms with Gasteiger partial charge in [-0.1, -0.05) is 48.5 Å². The standard InChI is InChI=1S/C26H42O6Si2.C22H38O8Si2/c1-27-33(28-2,15-13-19-9-11-21-23(17-19)31-21)25-7-5-6-8-26(25)34(29-3,30-4)16-14-20-10-12-22-24(18-20)32-22;1-23-31(24-2,13-5-11-27-15-19-17-29-19)21-7-9-22(10-8-21)32(25-3,26-4)14-6-12-28-16-20-18-30-20/h5-8,19-24H,9-18H2,1-4H3;7-10,19-20H,5-6,11-18H2,1-4H3. The number of benzene rings is 2. The summed E-state index contributed by atoms with van der Waals surface area (Å²) >= 11 is 0. The van der Waals surface area contributed by atoms with Gasteiger partial charge in [0.25, 0.3) is 0 Å². The molecule has 14 nitrogen and oxygen atoms in total. The molecule has 6 aliphatic rings. The summed E-state index contributed by atoms with van der Waals surface area (Å²) in [5, 5.41) is 4.58. The molecule has 8 atom stereocenters. The van der Waals surface area contributed by atoms with Crippen molar-refractivity contribution >= 4 is 55.0 Å². The highest BCUT2D eigenvalue weighted by Gasteiger charge is 2.51. The van der Waals surface area contributed by atoms with Crippen molar-refractivity contribution in [3.8, 4) is 0 Å². The Morgan fingerprint density at radius 1 is 0.455 bits per heavy atom. The molecular weight excluding hydrogens is 913 g/mol. The van der Waals surface area contributed by atoms with Crippen LogP contribution in [-0.2, 0) is 63.8 Å². The zero-order valence-electron chi connectivity index (χ0n) is 41.1. The number of epoxide rings is 4. The molecule has 8 unspecified atom stereocenters. The summed E-state index contributed by atoms with van der Waals surface area (Å²) in [6.45, 7) is 4.33. The van der Waals surface area contributed by atoms with Crippen LogP contribution in [0.4, 0.5) is 0 Å². The Hall–Kier alpha value is -1.25. The largest absolute Gasteiger partial charge is 0.394 e. The Labute approximate surface area is 399 Å². The van der Waals surface area contributed by atoms with Gasteiger partial charge in [-0.3, -0.25) is 0 Å². The van der Waals surface area contributed by atoms with Crippen molar-refractivity contribution in [2.45, 2.75) is 125 Å². The summed E-state index contributed by atoms with van der Waals surface area (Å²) in [6.07, 6.45) is 14.0. The average Bonchev–Trinajstić information content (AvgIpc) is 4.14. The van der Waals surface area contributed by atoms with E-state index in [1.165, 1.54) is 48.9 Å². The van der Waals surface area contributed by atoms with E-state index in [2.05, 4.69) is 48.5 Å². The Kier molecular flexibility index (Phi) is 19.7. The SMILES string of the molecule is CO[Si](CCC1CCC2OC2C1)(OC)c1ccccc1[Si](CCC1CCC2OC2C1)(OC)OC.CO[Si](CCCOCC1CO1)(OC)c1ccc([Si](CCCOCC2CO2)(OC)OC)cc1. The smallest absolute Gasteiger partial charge is 0.372 e. The van der Waals surface area contributed by atoms with E-state index in [1.54, 1.807) is 28.4 Å². The van der Waals surface area contributed by atoms with Gasteiger partial charge in [0.15, 0.2) is 0 Å². The second-order valence-corrected chi connectivity index (χ2v) is 32.4. The lowest BCUT2D eigenvalue weighted by molar-refractivity contribution is 0.115. The summed E-state index contributed by atoms with van der Waals surface area (Å²) < 4.78 is 82.4. The highest BCUT2D eigenvalue weighted by Crippen LogP contribution is 2.43. The molecule has 2 aliphatic carbocycles. The van der Waals surface area contributed by atoms with Gasteiger partial charge in [0.05, 0.1) is 50.8 Å². The van der Waals surface area contributed by atoms with Crippen molar-refractivity contribution in [2.24, 2.45) is 11.8 Å². The molecule has 6 fully saturated rings. The molecule has 0 spiro atoms. The van der Waals surface area contributed by atoms with E-state index in [4.69, 9.17) is 63.8 Å². The third-order valence-corrected chi connectivity index (χ3v) is 29.5. The van der Waals surface area contributed by atoms with E-state index >= 15 is 0 Å². The van der Waals surface area contributed by atoms with Crippen LogP contribution in [0.2, 0.25) is 24.2 Å². The normalized spacial score (nSPS) is 26.8. The maximum Gasteiger partial charge on any atom is 0.372 e. The van der Waals surface area contributed by atoms with Gasteiger partial charge in [0, 0.05) is 70.1 Å². The quantitative estimate of drug-likeness (QED) is 0.0609. The summed E-state index contributed by atoms with van der Waals surface area (Å²) in [4.78, 5) is 0. The fourth-order valence-electron chi connectivity index (χ4n) is 10.6. The molecule has 4 aliphatic heterocycles. The molecule has 0 N–H and O–H groups in total. The van der Waals surface area contributed by atoms with Crippen molar-refractivity contribution in [3.05, 3.63) is 48.5 Å². The van der Waals surface area contributed by atoms with Gasteiger partial charge in [-0.15, -0.1) is 0 Å². The third kappa shape index (κ3) is 13.4. The molecule has 2 aromatic rings. The van der Waals surface area contributed by atoms with Gasteiger partial charge in [0.2, 0.25) is 0 Å². The molecule has 0 radical (unpaired) electrons. The van der Waals surface area contributed by atoms with Crippen LogP contribution in [0.5, 0.6) is 0 Å². The Bertz CT molecular complexity index is 1610. The molecule has 0 aromatic heterocycles. The molecule has 0 bridgehead atoms. The van der Waals surface area contributed by atoms with Crippen LogP contribution in [0, 0.1) is 11.8 Å². The van der Waals surface area contributed by atoms with Crippen molar-refractivity contribution in [3.63, 3.8) is 0 Å². The lowest BCUT2D eigenvalue weighted by Crippen LogP contribution is -2.67. The summed E-state index contributed by atoms with van der Waals surface area (Å²) in [7, 11) is 3.85. The molecule has 4 saturated heterocycles. The fourth-order valence-corrected chi connectivity index (χ4v) is 22.8. The van der Waals surface area contributed by atoms with Crippen LogP contribution in [0.1, 0.15) is 64.2 Å². The van der Waals surface area contributed by atoms with Crippen LogP contribution >= 0.6 is 0 Å². The van der Waals surface area contributed by atoms with E-state index in [0.29, 0.717) is 74.9 Å². The fraction of sp³-hybridized carbons (Fsp3) is 0.750. The van der Waals surface area contributed by atoms with Gasteiger partial charge in [-0.05, 0) is 121 Å². The zero-order chi connectivity index (χ0) is 46.6. The first-order valence-corrected chi connectivity index (χ1v) is 32.6. The predicted molar refractivity (Wildman–Crippen MR) is 261 cm³/mol. The van der Waals surface area contributed by atoms with Gasteiger partial charge >= 0.3 is 34.2 Å². The minimum absolute atomic E-state index is 0.291. The third-order valence-electron chi connectivity index (χ3n) is 15.1. The molecule has 372 valence electrons. The first kappa shape index (κ1) is 52.6. The number of hydrogen-bond acceptors (Lipinski definition) is 14. The van der Waals surface area contributed by atoms with E-state index in [1.807, 2.05) is 28.4 Å². The van der Waals surface area contributed by atoms with E-state index in [-0.39, 0.29) is 0 Å². The molecular formula is C48H80O14Si4. The van der Waals surface area contributed by atoms with Gasteiger partial charge in [0.1, 0.15) is 12.2 Å². The molecule has 18 heteroatoms. The Morgan fingerprint density at radius 2 is 0.818 bits per heavy atom. The van der Waals surface area contributed by atoms with E-state index < -0.39 is 34.2 Å². The van der Waals surface area contributed by atoms with Gasteiger partial charge in [-0.25, -0.2) is 0 Å². The van der Waals surface area contributed by atoms with Crippen LogP contribution in [0.25, 0.3) is 0 Å². The molecule has 4 heterocycles. The lowest BCUT2D eigenvalue weighted by Gasteiger charge is -2.36. The average molecular weight is 993 g/mol. The van der Waals surface area contributed by atoms with Crippen LogP contribution in [-0.4, -0.2) is 167 Å². The van der Waals surface area contributed by atoms with Gasteiger partial charge < -0.3 is 63.8 Å². The summed E-state index contributed by atoms with van der Waals surface area (Å²) in [5.41, 5.74) is 0.